The summed E-state index contributed by atoms with van der Waals surface area (Å²) in [4.78, 5) is 22.7. The van der Waals surface area contributed by atoms with Gasteiger partial charge in [0, 0.05) is 6.54 Å². The molecule has 0 spiro atoms. The third-order valence-electron chi connectivity index (χ3n) is 4.39. The number of hydrogen-bond donors (Lipinski definition) is 2. The molecule has 0 aromatic rings. The van der Waals surface area contributed by atoms with Crippen molar-refractivity contribution in [3.8, 4) is 0 Å². The average molecular weight is 253 g/mol. The van der Waals surface area contributed by atoms with Gasteiger partial charge in [0.1, 0.15) is 5.41 Å². The van der Waals surface area contributed by atoms with E-state index < -0.39 is 11.4 Å². The summed E-state index contributed by atoms with van der Waals surface area (Å²) in [5, 5.41) is 11.8. The maximum Gasteiger partial charge on any atom is 0.319 e. The average Bonchev–Trinajstić information content (AvgIpc) is 3.17. The number of hydrogen-bond acceptors (Lipinski definition) is 2. The molecule has 0 unspecified atom stereocenters. The van der Waals surface area contributed by atoms with Gasteiger partial charge in [-0.05, 0) is 31.6 Å². The van der Waals surface area contributed by atoms with Gasteiger partial charge in [0.05, 0.1) is 0 Å². The van der Waals surface area contributed by atoms with Crippen LogP contribution in [0.1, 0.15) is 57.8 Å². The second-order valence-electron chi connectivity index (χ2n) is 5.79. The molecule has 0 heterocycles. The van der Waals surface area contributed by atoms with Crippen LogP contribution in [-0.4, -0.2) is 23.5 Å². The first-order valence-electron chi connectivity index (χ1n) is 7.17. The van der Waals surface area contributed by atoms with Crippen LogP contribution in [0.2, 0.25) is 0 Å². The maximum atomic E-state index is 11.7. The molecule has 2 aliphatic rings. The van der Waals surface area contributed by atoms with Crippen LogP contribution in [0.15, 0.2) is 0 Å². The number of carbonyl (C=O) groups is 2. The molecule has 2 aliphatic carbocycles. The largest absolute Gasteiger partial charge is 0.480 e. The van der Waals surface area contributed by atoms with Crippen molar-refractivity contribution in [2.75, 3.05) is 6.54 Å². The highest BCUT2D eigenvalue weighted by atomic mass is 16.4. The molecule has 2 saturated carbocycles. The van der Waals surface area contributed by atoms with E-state index in [2.05, 4.69) is 5.32 Å². The Morgan fingerprint density at radius 2 is 1.83 bits per heavy atom. The van der Waals surface area contributed by atoms with Gasteiger partial charge in [0.15, 0.2) is 0 Å². The molecule has 2 rings (SSSR count). The lowest BCUT2D eigenvalue weighted by molar-refractivity contribution is -0.149. The van der Waals surface area contributed by atoms with Crippen molar-refractivity contribution < 1.29 is 14.7 Å². The summed E-state index contributed by atoms with van der Waals surface area (Å²) in [6.07, 6.45) is 9.85. The zero-order valence-corrected chi connectivity index (χ0v) is 10.9. The Hall–Kier alpha value is -1.06. The first-order chi connectivity index (χ1) is 8.65. The minimum atomic E-state index is -1.08. The van der Waals surface area contributed by atoms with Crippen LogP contribution in [0.25, 0.3) is 0 Å². The molecule has 0 aliphatic heterocycles. The van der Waals surface area contributed by atoms with Crippen LogP contribution in [0.3, 0.4) is 0 Å². The molecule has 4 heteroatoms. The smallest absolute Gasteiger partial charge is 0.319 e. The zero-order chi connectivity index (χ0) is 13.0. The summed E-state index contributed by atoms with van der Waals surface area (Å²) in [7, 11) is 0. The summed E-state index contributed by atoms with van der Waals surface area (Å²) < 4.78 is 0. The second-order valence-corrected chi connectivity index (χ2v) is 5.79. The van der Waals surface area contributed by atoms with E-state index >= 15 is 0 Å². The molecule has 102 valence electrons. The second kappa shape index (κ2) is 5.72. The monoisotopic (exact) mass is 253 g/mol. The first kappa shape index (κ1) is 13.4. The van der Waals surface area contributed by atoms with Gasteiger partial charge in [0.2, 0.25) is 5.91 Å². The van der Waals surface area contributed by atoms with Gasteiger partial charge in [-0.15, -0.1) is 0 Å². The van der Waals surface area contributed by atoms with Crippen LogP contribution in [0.4, 0.5) is 0 Å². The lowest BCUT2D eigenvalue weighted by Crippen LogP contribution is -2.37. The number of carbonyl (C=O) groups excluding carboxylic acids is 1. The van der Waals surface area contributed by atoms with E-state index in [1.54, 1.807) is 0 Å². The van der Waals surface area contributed by atoms with E-state index in [1.807, 2.05) is 0 Å². The summed E-state index contributed by atoms with van der Waals surface area (Å²) in [6, 6.07) is 0. The van der Waals surface area contributed by atoms with Crippen molar-refractivity contribution in [2.24, 2.45) is 11.3 Å². The zero-order valence-electron chi connectivity index (χ0n) is 10.9. The summed E-state index contributed by atoms with van der Waals surface area (Å²) in [5.74, 6) is -0.420. The molecule has 0 aromatic carbocycles. The molecule has 0 bridgehead atoms. The Morgan fingerprint density at radius 1 is 1.17 bits per heavy atom. The number of amides is 1. The van der Waals surface area contributed by atoms with Gasteiger partial charge >= 0.3 is 5.97 Å². The number of carboxylic acid groups (broad SMARTS) is 1. The minimum absolute atomic E-state index is 0.279. The Kier molecular flexibility index (Phi) is 4.25. The number of nitrogens with one attached hydrogen (secondary N) is 1. The van der Waals surface area contributed by atoms with Crippen LogP contribution >= 0.6 is 0 Å². The molecule has 2 N–H and O–H groups in total. The van der Waals surface area contributed by atoms with E-state index in [9.17, 15) is 9.59 Å². The predicted molar refractivity (Wildman–Crippen MR) is 68.1 cm³/mol. The molecule has 0 radical (unpaired) electrons. The number of aliphatic carboxylic acids is 1. The van der Waals surface area contributed by atoms with E-state index in [4.69, 9.17) is 5.11 Å². The lowest BCUT2D eigenvalue weighted by Gasteiger charge is -2.21. The Bertz CT molecular complexity index is 317. The summed E-state index contributed by atoms with van der Waals surface area (Å²) in [6.45, 7) is 0.629. The van der Waals surface area contributed by atoms with Crippen molar-refractivity contribution in [3.63, 3.8) is 0 Å². The van der Waals surface area contributed by atoms with Crippen LogP contribution in [0.5, 0.6) is 0 Å². The van der Waals surface area contributed by atoms with E-state index in [1.165, 1.54) is 38.5 Å². The highest BCUT2D eigenvalue weighted by molar-refractivity contribution is 6.04. The SMILES string of the molecule is O=C(O)C1(C(=O)NCCCC2CCCCC2)CC1. The Labute approximate surface area is 108 Å². The molecule has 0 atom stereocenters. The first-order valence-corrected chi connectivity index (χ1v) is 7.17. The van der Waals surface area contributed by atoms with Crippen LogP contribution < -0.4 is 5.32 Å². The number of carboxylic acids is 1. The standard InChI is InChI=1S/C14H23NO3/c16-12(14(8-9-14)13(17)18)15-10-4-7-11-5-2-1-3-6-11/h11H,1-10H2,(H,15,16)(H,17,18). The molecule has 0 aromatic heterocycles. The van der Waals surface area contributed by atoms with Gasteiger partial charge in [-0.3, -0.25) is 9.59 Å². The highest BCUT2D eigenvalue weighted by Crippen LogP contribution is 2.46. The fourth-order valence-electron chi connectivity index (χ4n) is 2.90. The van der Waals surface area contributed by atoms with Gasteiger partial charge < -0.3 is 10.4 Å². The maximum absolute atomic E-state index is 11.7. The van der Waals surface area contributed by atoms with Crippen molar-refractivity contribution in [1.29, 1.82) is 0 Å². The Morgan fingerprint density at radius 3 is 2.39 bits per heavy atom. The molecule has 0 saturated heterocycles. The van der Waals surface area contributed by atoms with Gasteiger partial charge in [-0.2, -0.15) is 0 Å². The van der Waals surface area contributed by atoms with Crippen molar-refractivity contribution >= 4 is 11.9 Å². The van der Waals surface area contributed by atoms with Gasteiger partial charge in [-0.25, -0.2) is 0 Å². The van der Waals surface area contributed by atoms with Crippen LogP contribution in [-0.2, 0) is 9.59 Å². The molecular formula is C14H23NO3. The minimum Gasteiger partial charge on any atom is -0.480 e. The molecule has 2 fully saturated rings. The third-order valence-corrected chi connectivity index (χ3v) is 4.39. The van der Waals surface area contributed by atoms with Crippen LogP contribution in [0, 0.1) is 11.3 Å². The summed E-state index contributed by atoms with van der Waals surface area (Å²) >= 11 is 0. The third kappa shape index (κ3) is 3.03. The Balaban J connectivity index is 1.60. The van der Waals surface area contributed by atoms with Gasteiger partial charge in [-0.1, -0.05) is 32.1 Å². The van der Waals surface area contributed by atoms with E-state index in [0.717, 1.165) is 12.3 Å². The predicted octanol–water partition coefficient (Wildman–Crippen LogP) is 2.33. The van der Waals surface area contributed by atoms with E-state index in [0.29, 0.717) is 19.4 Å². The normalized spacial score (nSPS) is 22.4. The summed E-state index contributed by atoms with van der Waals surface area (Å²) in [5.41, 5.74) is -1.08. The highest BCUT2D eigenvalue weighted by Gasteiger charge is 2.56. The van der Waals surface area contributed by atoms with Gasteiger partial charge in [0.25, 0.3) is 0 Å². The topological polar surface area (TPSA) is 66.4 Å². The molecule has 18 heavy (non-hydrogen) atoms. The van der Waals surface area contributed by atoms with Crippen molar-refractivity contribution in [1.82, 2.24) is 5.32 Å². The van der Waals surface area contributed by atoms with Crippen molar-refractivity contribution in [2.45, 2.75) is 57.8 Å². The quantitative estimate of drug-likeness (QED) is 0.564. The molecular weight excluding hydrogens is 230 g/mol. The number of rotatable bonds is 6. The fourth-order valence-corrected chi connectivity index (χ4v) is 2.90. The van der Waals surface area contributed by atoms with E-state index in [-0.39, 0.29) is 5.91 Å². The fraction of sp³-hybridized carbons (Fsp3) is 0.857. The molecule has 4 nitrogen and oxygen atoms in total. The lowest BCUT2D eigenvalue weighted by atomic mass is 9.86. The molecule has 1 amide bonds. The van der Waals surface area contributed by atoms with Crippen molar-refractivity contribution in [3.05, 3.63) is 0 Å².